The molecule has 0 atom stereocenters. The van der Waals surface area contributed by atoms with Crippen LogP contribution in [-0.2, 0) is 6.42 Å². The lowest BCUT2D eigenvalue weighted by Gasteiger charge is -1.96. The molecule has 0 radical (unpaired) electrons. The van der Waals surface area contributed by atoms with Crippen LogP contribution in [0.1, 0.15) is 25.1 Å². The Morgan fingerprint density at radius 1 is 1.15 bits per heavy atom. The standard InChI is InChI=1S/C16H19N3S/c17-9-5-1-2-8-16-18-11-13(19-16)15-10-12-6-3-4-7-14(12)20-15/h3-4,6-7,10-11H,1-2,5,8-9,17H2,(H,18,19). The molecule has 3 rings (SSSR count). The van der Waals surface area contributed by atoms with E-state index in [1.807, 2.05) is 17.5 Å². The predicted molar refractivity (Wildman–Crippen MR) is 86.0 cm³/mol. The third-order valence-electron chi connectivity index (χ3n) is 3.44. The second-order valence-electron chi connectivity index (χ2n) is 4.99. The fraction of sp³-hybridized carbons (Fsp3) is 0.312. The molecule has 2 aromatic heterocycles. The molecule has 0 spiro atoms. The molecule has 20 heavy (non-hydrogen) atoms. The molecule has 4 heteroatoms. The molecule has 0 saturated carbocycles. The normalized spacial score (nSPS) is 11.2. The van der Waals surface area contributed by atoms with Crippen LogP contribution in [0.5, 0.6) is 0 Å². The molecule has 0 bridgehead atoms. The topological polar surface area (TPSA) is 54.7 Å². The minimum Gasteiger partial charge on any atom is -0.341 e. The number of aromatic nitrogens is 2. The molecular weight excluding hydrogens is 266 g/mol. The fourth-order valence-electron chi connectivity index (χ4n) is 2.34. The van der Waals surface area contributed by atoms with E-state index in [0.29, 0.717) is 0 Å². The predicted octanol–water partition coefficient (Wildman–Crippen LogP) is 3.96. The van der Waals surface area contributed by atoms with E-state index < -0.39 is 0 Å². The van der Waals surface area contributed by atoms with Gasteiger partial charge in [0, 0.05) is 11.1 Å². The van der Waals surface area contributed by atoms with Crippen LogP contribution in [0.15, 0.2) is 36.5 Å². The number of benzene rings is 1. The minimum absolute atomic E-state index is 0.783. The maximum Gasteiger partial charge on any atom is 0.106 e. The maximum atomic E-state index is 5.50. The summed E-state index contributed by atoms with van der Waals surface area (Å²) in [6, 6.07) is 10.7. The Balaban J connectivity index is 1.72. The SMILES string of the molecule is NCCCCCc1ncc(-c2cc3ccccc3s2)[nH]1. The Bertz CT molecular complexity index is 651. The molecule has 3 nitrogen and oxygen atoms in total. The number of imidazole rings is 1. The quantitative estimate of drug-likeness (QED) is 0.673. The van der Waals surface area contributed by atoms with Gasteiger partial charge < -0.3 is 10.7 Å². The average Bonchev–Trinajstić information content (AvgIpc) is 3.09. The summed E-state index contributed by atoms with van der Waals surface area (Å²) >= 11 is 1.81. The van der Waals surface area contributed by atoms with Gasteiger partial charge in [0.25, 0.3) is 0 Å². The molecule has 3 aromatic rings. The Morgan fingerprint density at radius 2 is 2.05 bits per heavy atom. The monoisotopic (exact) mass is 285 g/mol. The van der Waals surface area contributed by atoms with Gasteiger partial charge >= 0.3 is 0 Å². The highest BCUT2D eigenvalue weighted by Crippen LogP contribution is 2.32. The second-order valence-corrected chi connectivity index (χ2v) is 6.08. The van der Waals surface area contributed by atoms with Gasteiger partial charge in [-0.1, -0.05) is 24.6 Å². The van der Waals surface area contributed by atoms with Gasteiger partial charge in [0.15, 0.2) is 0 Å². The van der Waals surface area contributed by atoms with Gasteiger partial charge in [0.2, 0.25) is 0 Å². The first kappa shape index (κ1) is 13.3. The summed E-state index contributed by atoms with van der Waals surface area (Å²) in [5.41, 5.74) is 6.63. The van der Waals surface area contributed by atoms with Crippen molar-refractivity contribution in [2.45, 2.75) is 25.7 Å². The molecule has 0 aliphatic rings. The summed E-state index contributed by atoms with van der Waals surface area (Å²) in [7, 11) is 0. The molecule has 1 aromatic carbocycles. The van der Waals surface area contributed by atoms with E-state index in [9.17, 15) is 0 Å². The minimum atomic E-state index is 0.783. The maximum absolute atomic E-state index is 5.50. The van der Waals surface area contributed by atoms with Crippen molar-refractivity contribution in [3.05, 3.63) is 42.4 Å². The third-order valence-corrected chi connectivity index (χ3v) is 4.59. The third kappa shape index (κ3) is 2.92. The second kappa shape index (κ2) is 6.20. The average molecular weight is 285 g/mol. The molecule has 0 fully saturated rings. The molecule has 0 unspecified atom stereocenters. The number of rotatable bonds is 6. The smallest absolute Gasteiger partial charge is 0.106 e. The first-order chi connectivity index (χ1) is 9.86. The van der Waals surface area contributed by atoms with E-state index >= 15 is 0 Å². The van der Waals surface area contributed by atoms with Gasteiger partial charge in [-0.15, -0.1) is 11.3 Å². The molecule has 0 aliphatic heterocycles. The highest BCUT2D eigenvalue weighted by Gasteiger charge is 2.07. The van der Waals surface area contributed by atoms with Crippen LogP contribution in [0.4, 0.5) is 0 Å². The van der Waals surface area contributed by atoms with Gasteiger partial charge in [0.05, 0.1) is 16.8 Å². The van der Waals surface area contributed by atoms with Crippen molar-refractivity contribution in [1.82, 2.24) is 9.97 Å². The van der Waals surface area contributed by atoms with Crippen molar-refractivity contribution in [2.75, 3.05) is 6.54 Å². The van der Waals surface area contributed by atoms with Crippen LogP contribution < -0.4 is 5.73 Å². The molecule has 3 N–H and O–H groups in total. The number of nitrogens with two attached hydrogens (primary N) is 1. The van der Waals surface area contributed by atoms with E-state index in [0.717, 1.165) is 37.3 Å². The Morgan fingerprint density at radius 3 is 2.90 bits per heavy atom. The number of thiophene rings is 1. The number of aryl methyl sites for hydroxylation is 1. The van der Waals surface area contributed by atoms with Crippen molar-refractivity contribution < 1.29 is 0 Å². The number of unbranched alkanes of at least 4 members (excludes halogenated alkanes) is 2. The van der Waals surface area contributed by atoms with Gasteiger partial charge in [-0.2, -0.15) is 0 Å². The van der Waals surface area contributed by atoms with Crippen LogP contribution in [0.3, 0.4) is 0 Å². The van der Waals surface area contributed by atoms with Crippen molar-refractivity contribution in [1.29, 1.82) is 0 Å². The number of hydrogen-bond acceptors (Lipinski definition) is 3. The molecule has 2 heterocycles. The van der Waals surface area contributed by atoms with E-state index in [1.54, 1.807) is 0 Å². The van der Waals surface area contributed by atoms with Gasteiger partial charge in [0.1, 0.15) is 5.82 Å². The van der Waals surface area contributed by atoms with E-state index in [-0.39, 0.29) is 0 Å². The number of fused-ring (bicyclic) bond motifs is 1. The zero-order valence-electron chi connectivity index (χ0n) is 11.4. The van der Waals surface area contributed by atoms with Gasteiger partial charge in [-0.05, 0) is 36.9 Å². The summed E-state index contributed by atoms with van der Waals surface area (Å²) in [6.45, 7) is 0.783. The molecular formula is C16H19N3S. The summed E-state index contributed by atoms with van der Waals surface area (Å²) in [6.07, 6.45) is 6.38. The van der Waals surface area contributed by atoms with Crippen LogP contribution in [0.2, 0.25) is 0 Å². The summed E-state index contributed by atoms with van der Waals surface area (Å²) < 4.78 is 1.32. The van der Waals surface area contributed by atoms with Crippen molar-refractivity contribution in [3.8, 4) is 10.6 Å². The molecule has 104 valence electrons. The van der Waals surface area contributed by atoms with Crippen LogP contribution in [0, 0.1) is 0 Å². The van der Waals surface area contributed by atoms with Crippen LogP contribution in [0.25, 0.3) is 20.7 Å². The largest absolute Gasteiger partial charge is 0.341 e. The Labute approximate surface area is 122 Å². The number of H-pyrrole nitrogens is 1. The molecule has 0 amide bonds. The Kier molecular flexibility index (Phi) is 4.14. The fourth-order valence-corrected chi connectivity index (χ4v) is 3.37. The number of nitrogens with one attached hydrogen (secondary N) is 1. The van der Waals surface area contributed by atoms with Crippen molar-refractivity contribution in [2.24, 2.45) is 5.73 Å². The van der Waals surface area contributed by atoms with Gasteiger partial charge in [-0.3, -0.25) is 0 Å². The Hall–Kier alpha value is -1.65. The lowest BCUT2D eigenvalue weighted by molar-refractivity contribution is 0.673. The summed E-state index contributed by atoms with van der Waals surface area (Å²) in [5, 5.41) is 1.30. The lowest BCUT2D eigenvalue weighted by Crippen LogP contribution is -1.98. The summed E-state index contributed by atoms with van der Waals surface area (Å²) in [5.74, 6) is 1.08. The first-order valence-corrected chi connectivity index (χ1v) is 7.91. The van der Waals surface area contributed by atoms with Crippen LogP contribution in [-0.4, -0.2) is 16.5 Å². The first-order valence-electron chi connectivity index (χ1n) is 7.10. The molecule has 0 saturated heterocycles. The zero-order chi connectivity index (χ0) is 13.8. The van der Waals surface area contributed by atoms with E-state index in [4.69, 9.17) is 5.73 Å². The number of hydrogen-bond donors (Lipinski definition) is 2. The zero-order valence-corrected chi connectivity index (χ0v) is 12.2. The number of nitrogens with zero attached hydrogens (tertiary/aromatic N) is 1. The van der Waals surface area contributed by atoms with E-state index in [1.165, 1.54) is 21.4 Å². The van der Waals surface area contributed by atoms with Gasteiger partial charge in [-0.25, -0.2) is 4.98 Å². The van der Waals surface area contributed by atoms with E-state index in [2.05, 4.69) is 40.3 Å². The lowest BCUT2D eigenvalue weighted by atomic mass is 10.2. The molecule has 0 aliphatic carbocycles. The van der Waals surface area contributed by atoms with Crippen molar-refractivity contribution in [3.63, 3.8) is 0 Å². The number of aromatic amines is 1. The summed E-state index contributed by atoms with van der Waals surface area (Å²) in [4.78, 5) is 9.17. The highest BCUT2D eigenvalue weighted by molar-refractivity contribution is 7.22. The highest BCUT2D eigenvalue weighted by atomic mass is 32.1. The van der Waals surface area contributed by atoms with Crippen LogP contribution >= 0.6 is 11.3 Å². The van der Waals surface area contributed by atoms with Crippen molar-refractivity contribution >= 4 is 21.4 Å².